The first kappa shape index (κ1) is 14.8. The first-order valence-corrected chi connectivity index (χ1v) is 7.51. The van der Waals surface area contributed by atoms with Gasteiger partial charge in [-0.05, 0) is 32.6 Å². The van der Waals surface area contributed by atoms with Crippen LogP contribution < -0.4 is 0 Å². The molecule has 0 spiro atoms. The molecular weight excluding hydrogens is 254 g/mol. The van der Waals surface area contributed by atoms with Crippen molar-refractivity contribution in [1.29, 1.82) is 5.26 Å². The quantitative estimate of drug-likeness (QED) is 0.786. The molecular formula is C15H23N3O2. The van der Waals surface area contributed by atoms with E-state index in [1.807, 2.05) is 6.92 Å². The zero-order chi connectivity index (χ0) is 14.6. The van der Waals surface area contributed by atoms with E-state index < -0.39 is 5.41 Å². The highest BCUT2D eigenvalue weighted by molar-refractivity contribution is 5.79. The van der Waals surface area contributed by atoms with Gasteiger partial charge in [-0.25, -0.2) is 0 Å². The fraction of sp³-hybridized carbons (Fsp3) is 0.800. The average molecular weight is 277 g/mol. The van der Waals surface area contributed by atoms with Crippen LogP contribution in [0.1, 0.15) is 45.4 Å². The van der Waals surface area contributed by atoms with E-state index in [-0.39, 0.29) is 11.8 Å². The van der Waals surface area contributed by atoms with Crippen molar-refractivity contribution in [3.05, 3.63) is 0 Å². The van der Waals surface area contributed by atoms with E-state index in [1.165, 1.54) is 0 Å². The van der Waals surface area contributed by atoms with Gasteiger partial charge in [0.1, 0.15) is 0 Å². The second-order valence-electron chi connectivity index (χ2n) is 6.18. The van der Waals surface area contributed by atoms with Gasteiger partial charge in [0.2, 0.25) is 11.8 Å². The minimum absolute atomic E-state index is 0.0737. The van der Waals surface area contributed by atoms with Crippen LogP contribution in [0.15, 0.2) is 0 Å². The van der Waals surface area contributed by atoms with E-state index in [1.54, 1.807) is 9.80 Å². The van der Waals surface area contributed by atoms with E-state index in [0.717, 1.165) is 38.8 Å². The van der Waals surface area contributed by atoms with Gasteiger partial charge < -0.3 is 9.80 Å². The number of hydrogen-bond donors (Lipinski definition) is 0. The number of carbonyl (C=O) groups excluding carboxylic acids is 2. The smallest absolute Gasteiger partial charge is 0.224 e. The zero-order valence-corrected chi connectivity index (χ0v) is 12.2. The molecule has 2 heterocycles. The third-order valence-electron chi connectivity index (χ3n) is 4.34. The van der Waals surface area contributed by atoms with Crippen LogP contribution in [0.4, 0.5) is 0 Å². The Kier molecular flexibility index (Phi) is 4.64. The van der Waals surface area contributed by atoms with Crippen LogP contribution in [-0.2, 0) is 9.59 Å². The van der Waals surface area contributed by atoms with Gasteiger partial charge in [-0.3, -0.25) is 9.59 Å². The van der Waals surface area contributed by atoms with Gasteiger partial charge in [-0.1, -0.05) is 0 Å². The van der Waals surface area contributed by atoms with Crippen molar-refractivity contribution in [3.8, 4) is 6.07 Å². The molecule has 0 aromatic heterocycles. The zero-order valence-electron chi connectivity index (χ0n) is 12.2. The Morgan fingerprint density at radius 1 is 1.35 bits per heavy atom. The van der Waals surface area contributed by atoms with Gasteiger partial charge in [0, 0.05) is 39.0 Å². The maximum atomic E-state index is 12.2. The molecule has 110 valence electrons. The summed E-state index contributed by atoms with van der Waals surface area (Å²) in [6.45, 7) is 4.49. The molecule has 2 saturated heterocycles. The van der Waals surface area contributed by atoms with Gasteiger partial charge in [0.15, 0.2) is 0 Å². The molecule has 0 N–H and O–H groups in total. The van der Waals surface area contributed by atoms with Crippen molar-refractivity contribution < 1.29 is 9.59 Å². The lowest BCUT2D eigenvalue weighted by Crippen LogP contribution is -2.45. The van der Waals surface area contributed by atoms with Gasteiger partial charge in [-0.2, -0.15) is 5.26 Å². The van der Waals surface area contributed by atoms with Gasteiger partial charge >= 0.3 is 0 Å². The van der Waals surface area contributed by atoms with Gasteiger partial charge in [0.05, 0.1) is 11.5 Å². The van der Waals surface area contributed by atoms with Crippen molar-refractivity contribution >= 4 is 11.8 Å². The van der Waals surface area contributed by atoms with Crippen LogP contribution in [-0.4, -0.2) is 47.8 Å². The lowest BCUT2D eigenvalue weighted by Gasteiger charge is -2.36. The molecule has 0 unspecified atom stereocenters. The van der Waals surface area contributed by atoms with E-state index in [0.29, 0.717) is 25.9 Å². The van der Waals surface area contributed by atoms with Crippen LogP contribution in [0.5, 0.6) is 0 Å². The Hall–Kier alpha value is -1.57. The third kappa shape index (κ3) is 3.50. The molecule has 20 heavy (non-hydrogen) atoms. The third-order valence-corrected chi connectivity index (χ3v) is 4.34. The number of piperidine rings is 2. The predicted molar refractivity (Wildman–Crippen MR) is 74.6 cm³/mol. The molecule has 0 saturated carbocycles. The maximum absolute atomic E-state index is 12.2. The van der Waals surface area contributed by atoms with E-state index in [9.17, 15) is 14.9 Å². The number of amides is 2. The average Bonchev–Trinajstić information content (AvgIpc) is 2.46. The van der Waals surface area contributed by atoms with Crippen molar-refractivity contribution in [1.82, 2.24) is 9.80 Å². The largest absolute Gasteiger partial charge is 0.342 e. The Morgan fingerprint density at radius 2 is 2.15 bits per heavy atom. The molecule has 1 atom stereocenters. The standard InChI is InChI=1S/C15H23N3O2/c1-15(11-16)7-4-9-18(12-15)14(20)6-10-17-8-3-2-5-13(17)19/h2-10,12H2,1H3/t15-/m1/s1. The molecule has 0 aromatic rings. The first-order valence-electron chi connectivity index (χ1n) is 7.51. The lowest BCUT2D eigenvalue weighted by atomic mass is 9.83. The number of likely N-dealkylation sites (tertiary alicyclic amines) is 2. The maximum Gasteiger partial charge on any atom is 0.224 e. The molecule has 2 amide bonds. The molecule has 0 bridgehead atoms. The highest BCUT2D eigenvalue weighted by Crippen LogP contribution is 2.28. The molecule has 0 aliphatic carbocycles. The van der Waals surface area contributed by atoms with E-state index in [4.69, 9.17) is 0 Å². The summed E-state index contributed by atoms with van der Waals surface area (Å²) in [5.74, 6) is 0.245. The number of rotatable bonds is 3. The summed E-state index contributed by atoms with van der Waals surface area (Å²) in [6.07, 6.45) is 4.75. The Bertz CT molecular complexity index is 429. The van der Waals surface area contributed by atoms with E-state index >= 15 is 0 Å². The van der Waals surface area contributed by atoms with Crippen LogP contribution >= 0.6 is 0 Å². The van der Waals surface area contributed by atoms with Crippen LogP contribution in [0.3, 0.4) is 0 Å². The van der Waals surface area contributed by atoms with Crippen molar-refractivity contribution in [3.63, 3.8) is 0 Å². The summed E-state index contributed by atoms with van der Waals surface area (Å²) in [7, 11) is 0. The van der Waals surface area contributed by atoms with Crippen molar-refractivity contribution in [2.24, 2.45) is 5.41 Å². The van der Waals surface area contributed by atoms with E-state index in [2.05, 4.69) is 6.07 Å². The minimum Gasteiger partial charge on any atom is -0.342 e. The monoisotopic (exact) mass is 277 g/mol. The Morgan fingerprint density at radius 3 is 2.85 bits per heavy atom. The molecule has 5 nitrogen and oxygen atoms in total. The lowest BCUT2D eigenvalue weighted by molar-refractivity contribution is -0.137. The van der Waals surface area contributed by atoms with Gasteiger partial charge in [0.25, 0.3) is 0 Å². The number of carbonyl (C=O) groups is 2. The van der Waals surface area contributed by atoms with Crippen LogP contribution in [0.25, 0.3) is 0 Å². The summed E-state index contributed by atoms with van der Waals surface area (Å²) < 4.78 is 0. The highest BCUT2D eigenvalue weighted by atomic mass is 16.2. The minimum atomic E-state index is -0.408. The van der Waals surface area contributed by atoms with Crippen molar-refractivity contribution in [2.45, 2.75) is 45.4 Å². The fourth-order valence-corrected chi connectivity index (χ4v) is 3.03. The van der Waals surface area contributed by atoms with Crippen LogP contribution in [0.2, 0.25) is 0 Å². The second kappa shape index (κ2) is 6.25. The normalized spacial score (nSPS) is 27.3. The van der Waals surface area contributed by atoms with Crippen molar-refractivity contribution in [2.75, 3.05) is 26.2 Å². The number of nitriles is 1. The highest BCUT2D eigenvalue weighted by Gasteiger charge is 2.33. The molecule has 0 radical (unpaired) electrons. The molecule has 2 aliphatic heterocycles. The first-order chi connectivity index (χ1) is 9.54. The summed E-state index contributed by atoms with van der Waals surface area (Å²) in [4.78, 5) is 27.5. The Labute approximate surface area is 120 Å². The second-order valence-corrected chi connectivity index (χ2v) is 6.18. The molecule has 0 aromatic carbocycles. The molecule has 2 rings (SSSR count). The Balaban J connectivity index is 1.82. The molecule has 2 fully saturated rings. The molecule has 5 heteroatoms. The summed E-state index contributed by atoms with van der Waals surface area (Å²) in [5, 5.41) is 9.18. The summed E-state index contributed by atoms with van der Waals surface area (Å²) in [5.41, 5.74) is -0.408. The van der Waals surface area contributed by atoms with Gasteiger partial charge in [-0.15, -0.1) is 0 Å². The summed E-state index contributed by atoms with van der Waals surface area (Å²) >= 11 is 0. The fourth-order valence-electron chi connectivity index (χ4n) is 3.03. The number of hydrogen-bond acceptors (Lipinski definition) is 3. The SMILES string of the molecule is C[C@]1(C#N)CCCN(C(=O)CCN2CCCCC2=O)C1. The summed E-state index contributed by atoms with van der Waals surface area (Å²) in [6, 6.07) is 2.32. The topological polar surface area (TPSA) is 64.4 Å². The van der Waals surface area contributed by atoms with Crippen LogP contribution in [0, 0.1) is 16.7 Å². The predicted octanol–water partition coefficient (Wildman–Crippen LogP) is 1.54. The molecule has 2 aliphatic rings. The number of nitrogens with zero attached hydrogens (tertiary/aromatic N) is 3.